The quantitative estimate of drug-likeness (QED) is 0.862. The van der Waals surface area contributed by atoms with Crippen LogP contribution >= 0.6 is 0 Å². The molecule has 2 heterocycles. The molecular formula is C16H25N3O2. The summed E-state index contributed by atoms with van der Waals surface area (Å²) in [6, 6.07) is 4.22. The van der Waals surface area contributed by atoms with Gasteiger partial charge in [0.25, 0.3) is 0 Å². The van der Waals surface area contributed by atoms with Gasteiger partial charge in [0.15, 0.2) is 0 Å². The molecule has 1 N–H and O–H groups in total. The molecule has 0 bridgehead atoms. The molecule has 5 nitrogen and oxygen atoms in total. The predicted molar refractivity (Wildman–Crippen MR) is 83.4 cm³/mol. The fraction of sp³-hybridized carbons (Fsp3) is 0.625. The van der Waals surface area contributed by atoms with Crippen LogP contribution in [-0.2, 0) is 9.53 Å². The van der Waals surface area contributed by atoms with Crippen molar-refractivity contribution in [2.24, 2.45) is 0 Å². The number of aromatic nitrogens is 1. The van der Waals surface area contributed by atoms with Gasteiger partial charge in [-0.15, -0.1) is 0 Å². The van der Waals surface area contributed by atoms with Crippen molar-refractivity contribution in [2.75, 3.05) is 24.5 Å². The van der Waals surface area contributed by atoms with Crippen LogP contribution in [0.2, 0.25) is 0 Å². The molecule has 2 rings (SSSR count). The first kappa shape index (κ1) is 15.8. The Morgan fingerprint density at radius 3 is 2.95 bits per heavy atom. The molecule has 21 heavy (non-hydrogen) atoms. The minimum absolute atomic E-state index is 0.127. The first-order chi connectivity index (χ1) is 9.83. The Morgan fingerprint density at radius 1 is 1.52 bits per heavy atom. The number of nitrogens with one attached hydrogen (secondary N) is 1. The van der Waals surface area contributed by atoms with E-state index in [1.54, 1.807) is 0 Å². The van der Waals surface area contributed by atoms with E-state index in [2.05, 4.69) is 21.3 Å². The van der Waals surface area contributed by atoms with E-state index in [0.717, 1.165) is 31.0 Å². The lowest BCUT2D eigenvalue weighted by molar-refractivity contribution is -0.155. The maximum Gasteiger partial charge on any atom is 0.307 e. The first-order valence-corrected chi connectivity index (χ1v) is 7.46. The van der Waals surface area contributed by atoms with Gasteiger partial charge in [0.05, 0.1) is 6.42 Å². The van der Waals surface area contributed by atoms with E-state index in [1.807, 2.05) is 40.0 Å². The van der Waals surface area contributed by atoms with Crippen molar-refractivity contribution < 1.29 is 9.53 Å². The second-order valence-electron chi connectivity index (χ2n) is 6.54. The summed E-state index contributed by atoms with van der Waals surface area (Å²) in [6.07, 6.45) is 2.23. The third-order valence-corrected chi connectivity index (χ3v) is 3.33. The third kappa shape index (κ3) is 5.01. The summed E-state index contributed by atoms with van der Waals surface area (Å²) in [7, 11) is 0. The summed E-state index contributed by atoms with van der Waals surface area (Å²) < 4.78 is 5.39. The first-order valence-electron chi connectivity index (χ1n) is 7.46. The minimum Gasteiger partial charge on any atom is -0.460 e. The van der Waals surface area contributed by atoms with Crippen molar-refractivity contribution in [1.82, 2.24) is 10.3 Å². The molecule has 1 unspecified atom stereocenters. The van der Waals surface area contributed by atoms with E-state index in [1.165, 1.54) is 0 Å². The molecule has 1 fully saturated rings. The van der Waals surface area contributed by atoms with Crippen LogP contribution in [0, 0.1) is 6.92 Å². The summed E-state index contributed by atoms with van der Waals surface area (Å²) in [6.45, 7) is 10.3. The van der Waals surface area contributed by atoms with E-state index in [9.17, 15) is 4.79 Å². The highest BCUT2D eigenvalue weighted by Gasteiger charge is 2.24. The Kier molecular flexibility index (Phi) is 4.83. The van der Waals surface area contributed by atoms with Gasteiger partial charge in [-0.1, -0.05) is 0 Å². The van der Waals surface area contributed by atoms with Gasteiger partial charge in [-0.25, -0.2) is 0 Å². The van der Waals surface area contributed by atoms with Gasteiger partial charge >= 0.3 is 5.97 Å². The van der Waals surface area contributed by atoms with E-state index in [-0.39, 0.29) is 12.0 Å². The Labute approximate surface area is 126 Å². The summed E-state index contributed by atoms with van der Waals surface area (Å²) in [5, 5.41) is 3.39. The highest BCUT2D eigenvalue weighted by molar-refractivity contribution is 5.70. The molecule has 0 aromatic carbocycles. The second-order valence-corrected chi connectivity index (χ2v) is 6.54. The van der Waals surface area contributed by atoms with Crippen molar-refractivity contribution in [2.45, 2.75) is 45.8 Å². The number of pyridine rings is 1. The molecule has 1 aromatic rings. The number of carbonyl (C=O) groups is 1. The van der Waals surface area contributed by atoms with Crippen LogP contribution in [0.5, 0.6) is 0 Å². The predicted octanol–water partition coefficient (Wildman–Crippen LogP) is 1.90. The lowest BCUT2D eigenvalue weighted by Gasteiger charge is -2.35. The molecular weight excluding hydrogens is 266 g/mol. The average molecular weight is 291 g/mol. The monoisotopic (exact) mass is 291 g/mol. The summed E-state index contributed by atoms with van der Waals surface area (Å²) in [4.78, 5) is 18.5. The zero-order valence-corrected chi connectivity index (χ0v) is 13.3. The van der Waals surface area contributed by atoms with Crippen molar-refractivity contribution in [3.8, 4) is 0 Å². The Hall–Kier alpha value is -1.62. The number of nitrogens with zero attached hydrogens (tertiary/aromatic N) is 2. The zero-order chi connectivity index (χ0) is 15.5. The third-order valence-electron chi connectivity index (χ3n) is 3.33. The Morgan fingerprint density at radius 2 is 2.29 bits per heavy atom. The molecule has 0 aliphatic carbocycles. The molecule has 5 heteroatoms. The molecule has 0 radical (unpaired) electrons. The number of hydrogen-bond donors (Lipinski definition) is 1. The number of aryl methyl sites for hydroxylation is 1. The molecule has 1 aromatic heterocycles. The van der Waals surface area contributed by atoms with Crippen LogP contribution in [0.1, 0.15) is 32.9 Å². The molecule has 1 aliphatic heterocycles. The number of anilines is 1. The van der Waals surface area contributed by atoms with Crippen LogP contribution in [0.25, 0.3) is 0 Å². The van der Waals surface area contributed by atoms with E-state index >= 15 is 0 Å². The maximum absolute atomic E-state index is 11.9. The van der Waals surface area contributed by atoms with E-state index < -0.39 is 5.60 Å². The number of rotatable bonds is 3. The van der Waals surface area contributed by atoms with Gasteiger partial charge in [0.1, 0.15) is 5.60 Å². The standard InChI is InChI=1S/C16H25N3O2/c1-12-9-14(5-6-17-12)19-8-7-18-13(11-19)10-15(20)21-16(2,3)4/h5-6,9,13,18H,7-8,10-11H2,1-4H3. The van der Waals surface area contributed by atoms with Crippen molar-refractivity contribution in [3.63, 3.8) is 0 Å². The lowest BCUT2D eigenvalue weighted by atomic mass is 10.1. The highest BCUT2D eigenvalue weighted by atomic mass is 16.6. The highest BCUT2D eigenvalue weighted by Crippen LogP contribution is 2.18. The number of ether oxygens (including phenoxy) is 1. The average Bonchev–Trinajstić information content (AvgIpc) is 2.36. The van der Waals surface area contributed by atoms with Gasteiger partial charge in [0, 0.05) is 43.3 Å². The number of carbonyl (C=O) groups excluding carboxylic acids is 1. The SMILES string of the molecule is Cc1cc(N2CCNC(CC(=O)OC(C)(C)C)C2)ccn1. The maximum atomic E-state index is 11.9. The van der Waals surface area contributed by atoms with E-state index in [4.69, 9.17) is 4.74 Å². The van der Waals surface area contributed by atoms with Crippen LogP contribution in [0.3, 0.4) is 0 Å². The van der Waals surface area contributed by atoms with Crippen LogP contribution in [0.15, 0.2) is 18.3 Å². The zero-order valence-electron chi connectivity index (χ0n) is 13.3. The molecule has 116 valence electrons. The molecule has 0 spiro atoms. The smallest absolute Gasteiger partial charge is 0.307 e. The van der Waals surface area contributed by atoms with Crippen LogP contribution in [-0.4, -0.2) is 42.2 Å². The molecule has 1 saturated heterocycles. The number of esters is 1. The summed E-state index contributed by atoms with van der Waals surface area (Å²) >= 11 is 0. The topological polar surface area (TPSA) is 54.5 Å². The minimum atomic E-state index is -0.423. The van der Waals surface area contributed by atoms with Crippen molar-refractivity contribution >= 4 is 11.7 Å². The van der Waals surface area contributed by atoms with Gasteiger partial charge in [-0.3, -0.25) is 9.78 Å². The van der Waals surface area contributed by atoms with Crippen molar-refractivity contribution in [1.29, 1.82) is 0 Å². The molecule has 0 saturated carbocycles. The summed E-state index contributed by atoms with van der Waals surface area (Å²) in [5.74, 6) is -0.146. The molecule has 1 aliphatic rings. The van der Waals surface area contributed by atoms with Gasteiger partial charge in [-0.2, -0.15) is 0 Å². The van der Waals surface area contributed by atoms with Crippen molar-refractivity contribution in [3.05, 3.63) is 24.0 Å². The number of piperazine rings is 1. The van der Waals surface area contributed by atoms with Crippen LogP contribution < -0.4 is 10.2 Å². The molecule has 0 amide bonds. The lowest BCUT2D eigenvalue weighted by Crippen LogP contribution is -2.51. The Balaban J connectivity index is 1.93. The number of hydrogen-bond acceptors (Lipinski definition) is 5. The van der Waals surface area contributed by atoms with E-state index in [0.29, 0.717) is 6.42 Å². The fourth-order valence-electron chi connectivity index (χ4n) is 2.51. The van der Waals surface area contributed by atoms with Gasteiger partial charge < -0.3 is 15.0 Å². The van der Waals surface area contributed by atoms with Gasteiger partial charge in [0.2, 0.25) is 0 Å². The fourth-order valence-corrected chi connectivity index (χ4v) is 2.51. The summed E-state index contributed by atoms with van der Waals surface area (Å²) in [5.41, 5.74) is 1.75. The normalized spacial score (nSPS) is 19.4. The largest absolute Gasteiger partial charge is 0.460 e. The molecule has 1 atom stereocenters. The second kappa shape index (κ2) is 6.43. The van der Waals surface area contributed by atoms with Crippen LogP contribution in [0.4, 0.5) is 5.69 Å². The Bertz CT molecular complexity index is 497. The van der Waals surface area contributed by atoms with Gasteiger partial charge in [-0.05, 0) is 39.8 Å².